The van der Waals surface area contributed by atoms with Crippen LogP contribution in [0.3, 0.4) is 0 Å². The number of aliphatic carboxylic acids is 1. The number of aliphatic hydroxyl groups excluding tert-OH is 4. The number of rotatable bonds is 16. The van der Waals surface area contributed by atoms with Crippen LogP contribution >= 0.6 is 11.1 Å². The minimum atomic E-state index is -1.39. The predicted octanol–water partition coefficient (Wildman–Crippen LogP) is 24.9. The van der Waals surface area contributed by atoms with Gasteiger partial charge < -0.3 is 36.4 Å². The largest absolute Gasteiger partial charge is 1.00 e. The van der Waals surface area contributed by atoms with E-state index in [2.05, 4.69) is 131 Å². The van der Waals surface area contributed by atoms with Gasteiger partial charge >= 0.3 is 47.5 Å². The van der Waals surface area contributed by atoms with E-state index in [4.69, 9.17) is 30.8 Å². The van der Waals surface area contributed by atoms with Crippen LogP contribution in [-0.2, 0) is 23.9 Å². The van der Waals surface area contributed by atoms with Crippen molar-refractivity contribution in [2.75, 3.05) is 27.9 Å². The minimum absolute atomic E-state index is 0. The number of carbonyl (C=O) groups is 3. The average Bonchev–Trinajstić information content (AvgIpc) is 1.75. The van der Waals surface area contributed by atoms with E-state index in [1.54, 1.807) is 0 Å². The monoisotopic (exact) mass is 1750 g/mol. The summed E-state index contributed by atoms with van der Waals surface area (Å²) >= 11 is 6.15. The number of hydrogen-bond acceptors (Lipinski definition) is 9. The maximum atomic E-state index is 11.7. The molecule has 16 aliphatic carbocycles. The van der Waals surface area contributed by atoms with E-state index in [-0.39, 0.29) is 71.0 Å². The standard InChI is InChI=1S/C26H44O2.C25H42O3.C25H44O.C24H40O3.C6H15ClSi.CH4O.CH4.B.Na.H/c1-17-12-14-25(3)19(16-17)7-8-20-22-10-9-21(18(2)6-11-24(27)28-5)26(22,4)15-13-23(20)25;1-16(5-10-23(27)28-4)20-8-9-21-19-7-6-17-15-18(26)11-13-24(17,2)22(19)12-14-25(20,21)3;1-17-11-13-24(3)19(16-17)7-8-20-22-10-9-21(18(2)6-5-15-26)25(22,4)14-12-23(20)24;1-15(4-9-22(26)27)19-7-8-20-18-6-5-16-14-17(25)10-12-23(16,2)21(18)11-13-24(19,20)3;1-6(2,3)8(4,5)7;1-2;;;;/h17-23H,6-16H2,1-5H3;16-22,26H,5-15H2,1-4H3;17-23,26H,5-16H2,1-4H3;15-21,25H,4-14H2,1-3H3,(H,26,27);1-5H3;2H,1H3;1H4;;;/q;;;;;;;;+1;-1/t17-,18-,19-,20+,21-,22+,23+,25+,26-;16-,17-,18-,19+,20-,21+,22+,24+,25-;17-,18-,19-,20+,21-,22+,23+,24+,25-;15-,16-,17-,18+,19-,20+,21+,23+,24-;;;;;;/m1111....../s1. The molecule has 0 aliphatic heterocycles. The van der Waals surface area contributed by atoms with Gasteiger partial charge in [0.25, 0.3) is 0 Å². The molecular formula is C108H194BClNaO10Si. The molecule has 16 saturated carbocycles. The Kier molecular flexibility index (Phi) is 38.2. The van der Waals surface area contributed by atoms with Crippen molar-refractivity contribution in [3.05, 3.63) is 0 Å². The summed E-state index contributed by atoms with van der Waals surface area (Å²) in [5, 5.41) is 46.1. The SMILES string of the molecule is C.CC(C)(C)[Si](C)(C)Cl.CO.COC(=O)CC[C@@H](C)[C@H]1CC[C@H]2[C@@H]3CC[C@@H]4C[C@H](C)CC[C@]4(C)[C@H]3CC[C@]12C.COC(=O)CC[C@@H](C)[C@H]1CC[C@H]2[C@@H]3CC[C@@H]4C[C@H](O)CC[C@]4(C)[C@H]3CC[C@]12C.C[C@@H]1CC[C@@]2(C)[C@H](CC[C@@H]3[C@@H]2CC[C@]2(C)[C@@H]([C@H](C)CCCO)CC[C@@H]32)C1.C[C@H](CCC(=O)O)[C@H]1CC[C@H]2[C@@H]3CC[C@@H]4C[C@H](O)CC[C@]4(C)[C@H]3CC[C@]12C.[B].[H-].[Na+]. The molecule has 3 radical (unpaired) electrons. The van der Waals surface area contributed by atoms with Gasteiger partial charge in [-0.15, -0.1) is 0 Å². The zero-order valence-corrected chi connectivity index (χ0v) is 86.5. The molecule has 122 heavy (non-hydrogen) atoms. The first-order valence-electron chi connectivity index (χ1n) is 51.4. The number of fused-ring (bicyclic) bond motifs is 20. The van der Waals surface area contributed by atoms with Gasteiger partial charge in [0.15, 0.2) is 7.38 Å². The molecule has 0 aromatic rings. The van der Waals surface area contributed by atoms with Crippen LogP contribution in [0.1, 0.15) is 409 Å². The number of carboxylic acids is 1. The Labute approximate surface area is 782 Å². The second-order valence-electron chi connectivity index (χ2n) is 49.8. The van der Waals surface area contributed by atoms with Crippen LogP contribution in [-0.4, -0.2) is 99.4 Å². The number of esters is 2. The second kappa shape index (κ2) is 43.4. The first-order valence-corrected chi connectivity index (χ1v) is 55.5. The van der Waals surface area contributed by atoms with Crippen molar-refractivity contribution in [3.8, 4) is 0 Å². The summed E-state index contributed by atoms with van der Waals surface area (Å²) in [6.45, 7) is 46.9. The van der Waals surface area contributed by atoms with Crippen molar-refractivity contribution < 1.29 is 80.4 Å². The Hall–Kier alpha value is -0.178. The number of aliphatic hydroxyl groups is 4. The molecule has 0 amide bonds. The van der Waals surface area contributed by atoms with Gasteiger partial charge in [0.05, 0.1) is 26.4 Å². The fourth-order valence-electron chi connectivity index (χ4n) is 35.8. The first kappa shape index (κ1) is 107. The summed E-state index contributed by atoms with van der Waals surface area (Å²) < 4.78 is 9.77. The molecule has 0 unspecified atom stereocenters. The Balaban J connectivity index is 0.000000215. The van der Waals surface area contributed by atoms with Crippen molar-refractivity contribution in [1.29, 1.82) is 0 Å². The molecule has 0 aromatic carbocycles. The van der Waals surface area contributed by atoms with Crippen LogP contribution in [0, 0.1) is 197 Å². The van der Waals surface area contributed by atoms with Crippen LogP contribution in [0.5, 0.6) is 0 Å². The molecule has 0 spiro atoms. The van der Waals surface area contributed by atoms with Gasteiger partial charge in [-0.3, -0.25) is 14.4 Å². The molecule has 16 aliphatic rings. The summed E-state index contributed by atoms with van der Waals surface area (Å²) in [7, 11) is 2.63. The fraction of sp³-hybridized carbons (Fsp3) is 0.972. The van der Waals surface area contributed by atoms with Crippen molar-refractivity contribution in [2.24, 2.45) is 197 Å². The molecule has 36 atom stereocenters. The van der Waals surface area contributed by atoms with Crippen LogP contribution in [0.4, 0.5) is 0 Å². The van der Waals surface area contributed by atoms with E-state index in [0.29, 0.717) is 97.9 Å². The Morgan fingerprint density at radius 3 is 0.893 bits per heavy atom. The van der Waals surface area contributed by atoms with E-state index in [9.17, 15) is 29.7 Å². The van der Waals surface area contributed by atoms with Gasteiger partial charge in [0.2, 0.25) is 0 Å². The van der Waals surface area contributed by atoms with Gasteiger partial charge in [-0.1, -0.05) is 151 Å². The van der Waals surface area contributed by atoms with Crippen molar-refractivity contribution in [3.63, 3.8) is 0 Å². The van der Waals surface area contributed by atoms with Crippen molar-refractivity contribution >= 4 is 44.8 Å². The zero-order valence-electron chi connectivity index (χ0n) is 83.7. The normalized spacial score (nSPS) is 45.7. The second-order valence-corrected chi connectivity index (χ2v) is 57.1. The molecule has 0 saturated heterocycles. The molecule has 0 heterocycles. The van der Waals surface area contributed by atoms with E-state index in [0.717, 1.165) is 189 Å². The maximum absolute atomic E-state index is 11.7. The Bertz CT molecular complexity index is 3170. The third-order valence-electron chi connectivity index (χ3n) is 43.7. The van der Waals surface area contributed by atoms with Crippen LogP contribution < -0.4 is 29.6 Å². The molecule has 0 aromatic heterocycles. The summed E-state index contributed by atoms with van der Waals surface area (Å²) in [6, 6.07) is 0. The van der Waals surface area contributed by atoms with Crippen molar-refractivity contribution in [2.45, 2.75) is 438 Å². The summed E-state index contributed by atoms with van der Waals surface area (Å²) in [5.41, 5.74) is 4.23. The van der Waals surface area contributed by atoms with E-state index >= 15 is 0 Å². The van der Waals surface area contributed by atoms with E-state index < -0.39 is 13.4 Å². The number of halogens is 1. The Morgan fingerprint density at radius 1 is 0.402 bits per heavy atom. The predicted molar refractivity (Wildman–Crippen MR) is 508 cm³/mol. The quantitative estimate of drug-likeness (QED) is 0.0569. The number of ether oxygens (including phenoxy) is 2. The topological polar surface area (TPSA) is 171 Å². The summed E-state index contributed by atoms with van der Waals surface area (Å²) in [5.74, 6) is 21.7. The third kappa shape index (κ3) is 21.6. The summed E-state index contributed by atoms with van der Waals surface area (Å²) in [6.07, 6.45) is 56.1. The van der Waals surface area contributed by atoms with Crippen LogP contribution in [0.15, 0.2) is 0 Å². The number of methoxy groups -OCH3 is 2. The molecule has 16 rings (SSSR count). The van der Waals surface area contributed by atoms with Crippen molar-refractivity contribution in [1.82, 2.24) is 0 Å². The smallest absolute Gasteiger partial charge is 1.00 e. The minimum Gasteiger partial charge on any atom is -1.00 e. The first-order chi connectivity index (χ1) is 56.0. The number of carbonyl (C=O) groups excluding carboxylic acids is 2. The molecule has 16 fully saturated rings. The van der Waals surface area contributed by atoms with E-state index in [1.807, 2.05) is 0 Å². The number of carboxylic acid groups (broad SMARTS) is 1. The molecule has 0 bridgehead atoms. The van der Waals surface area contributed by atoms with Crippen LogP contribution in [0.25, 0.3) is 0 Å². The molecular weight excluding hydrogens is 1550 g/mol. The van der Waals surface area contributed by atoms with Gasteiger partial charge in [-0.2, -0.15) is 11.1 Å². The molecule has 5 N–H and O–H groups in total. The Morgan fingerprint density at radius 2 is 0.639 bits per heavy atom. The van der Waals surface area contributed by atoms with Gasteiger partial charge in [0.1, 0.15) is 0 Å². The van der Waals surface area contributed by atoms with Crippen LogP contribution in [0.2, 0.25) is 18.1 Å². The number of hydrogen-bond donors (Lipinski definition) is 5. The summed E-state index contributed by atoms with van der Waals surface area (Å²) in [4.78, 5) is 34.3. The zero-order chi connectivity index (χ0) is 87.1. The van der Waals surface area contributed by atoms with E-state index in [1.165, 1.54) is 226 Å². The molecule has 10 nitrogen and oxygen atoms in total. The molecule has 701 valence electrons. The maximum Gasteiger partial charge on any atom is 1.00 e. The molecule has 14 heteroatoms. The fourth-order valence-corrected chi connectivity index (χ4v) is 35.8. The van der Waals surface area contributed by atoms with Gasteiger partial charge in [-0.05, 0) is 453 Å². The third-order valence-corrected chi connectivity index (χ3v) is 48.9. The van der Waals surface area contributed by atoms with Gasteiger partial charge in [0, 0.05) is 41.4 Å². The van der Waals surface area contributed by atoms with Gasteiger partial charge in [-0.25, -0.2) is 0 Å². The average molecular weight is 1750 g/mol.